The van der Waals surface area contributed by atoms with Crippen molar-refractivity contribution in [2.24, 2.45) is 0 Å². The Morgan fingerprint density at radius 3 is 2.16 bits per heavy atom. The third kappa shape index (κ3) is 5.68. The van der Waals surface area contributed by atoms with Gasteiger partial charge < -0.3 is 14.9 Å². The first-order valence-corrected chi connectivity index (χ1v) is 15.5. The molecule has 1 aliphatic heterocycles. The molecule has 3 heterocycles. The molecule has 1 N–H and O–H groups in total. The maximum Gasteiger partial charge on any atom is 0.140 e. The number of aromatic nitrogens is 2. The fourth-order valence-corrected chi connectivity index (χ4v) is 6.48. The number of phenols is 1. The zero-order valence-electron chi connectivity index (χ0n) is 35.3. The van der Waals surface area contributed by atoms with Crippen LogP contribution in [0.5, 0.6) is 5.75 Å². The predicted octanol–water partition coefficient (Wildman–Crippen LogP) is 11.0. The maximum atomic E-state index is 11.2. The van der Waals surface area contributed by atoms with Crippen LogP contribution in [0.1, 0.15) is 38.5 Å². The van der Waals surface area contributed by atoms with Gasteiger partial charge in [0.05, 0.1) is 11.4 Å². The van der Waals surface area contributed by atoms with Crippen LogP contribution in [0.25, 0.3) is 44.4 Å². The fourth-order valence-electron chi connectivity index (χ4n) is 6.48. The van der Waals surface area contributed by atoms with Gasteiger partial charge in [0, 0.05) is 52.0 Å². The summed E-state index contributed by atoms with van der Waals surface area (Å²) in [7, 11) is 1.99. The number of phenolic OH excluding ortho intramolecular Hbond substituents is 1. The van der Waals surface area contributed by atoms with Crippen LogP contribution >= 0.6 is 0 Å². The van der Waals surface area contributed by atoms with Crippen molar-refractivity contribution >= 4 is 39.5 Å². The van der Waals surface area contributed by atoms with Crippen molar-refractivity contribution in [3.05, 3.63) is 145 Å². The Kier molecular flexibility index (Phi) is 5.98. The summed E-state index contributed by atoms with van der Waals surface area (Å²) in [6, 6.07) is 42.5. The molecule has 6 heteroatoms. The van der Waals surface area contributed by atoms with Gasteiger partial charge in [-0.3, -0.25) is 4.98 Å². The van der Waals surface area contributed by atoms with E-state index >= 15 is 0 Å². The molecular weight excluding hydrogens is 784 g/mol. The first kappa shape index (κ1) is 23.2. The summed E-state index contributed by atoms with van der Waals surface area (Å²) < 4.78 is 74.9. The summed E-state index contributed by atoms with van der Waals surface area (Å²) in [5, 5.41) is 11.1. The Labute approximate surface area is 314 Å². The Morgan fingerprint density at radius 2 is 1.43 bits per heavy atom. The summed E-state index contributed by atoms with van der Waals surface area (Å²) >= 11 is 0. The fraction of sp³-hybridized carbons (Fsp3) is 0.116. The number of pyridine rings is 2. The van der Waals surface area contributed by atoms with Gasteiger partial charge in [-0.05, 0) is 75.1 Å². The SMILES string of the molecule is [2H]C([2H])([2H])C(c1ccc(O)c2nc(-c3[c-]c4c(c(-c5ccc(-c6ccccc6)cc5)c3)N(C)c3ccccc3N4c3ccccn3)ccc12)(C([2H])([2H])[2H])C([2H])([2H])[2H].[Pt]. The van der Waals surface area contributed by atoms with Crippen LogP contribution in [0.2, 0.25) is 0 Å². The molecule has 244 valence electrons. The van der Waals surface area contributed by atoms with Gasteiger partial charge in [0.25, 0.3) is 0 Å². The molecular formula is C43H35N4OPt-. The van der Waals surface area contributed by atoms with Crippen LogP contribution in [-0.4, -0.2) is 22.1 Å². The number of para-hydroxylation sites is 2. The number of aromatic hydroxyl groups is 1. The van der Waals surface area contributed by atoms with Gasteiger partial charge in [-0.2, -0.15) is 0 Å². The van der Waals surface area contributed by atoms with Gasteiger partial charge in [-0.15, -0.1) is 17.7 Å². The van der Waals surface area contributed by atoms with Crippen molar-refractivity contribution in [1.82, 2.24) is 9.97 Å². The molecule has 5 aromatic carbocycles. The van der Waals surface area contributed by atoms with Crippen molar-refractivity contribution < 1.29 is 38.5 Å². The van der Waals surface area contributed by atoms with Crippen molar-refractivity contribution in [3.63, 3.8) is 0 Å². The molecule has 7 aromatic rings. The first-order valence-electron chi connectivity index (χ1n) is 20.0. The smallest absolute Gasteiger partial charge is 0.140 e. The van der Waals surface area contributed by atoms with E-state index in [1.54, 1.807) is 12.3 Å². The second-order valence-corrected chi connectivity index (χ2v) is 11.8. The van der Waals surface area contributed by atoms with Crippen molar-refractivity contribution in [2.75, 3.05) is 16.8 Å². The molecule has 5 nitrogen and oxygen atoms in total. The van der Waals surface area contributed by atoms with Crippen LogP contribution < -0.4 is 9.80 Å². The van der Waals surface area contributed by atoms with Crippen LogP contribution in [0.3, 0.4) is 0 Å². The van der Waals surface area contributed by atoms with E-state index in [2.05, 4.69) is 23.1 Å². The molecule has 1 aliphatic rings. The molecule has 0 fully saturated rings. The Hall–Kier alpha value is -5.25. The van der Waals surface area contributed by atoms with E-state index in [0.29, 0.717) is 22.8 Å². The molecule has 8 rings (SSSR count). The number of anilines is 5. The molecule has 0 spiro atoms. The third-order valence-electron chi connectivity index (χ3n) is 8.76. The quantitative estimate of drug-likeness (QED) is 0.179. The van der Waals surface area contributed by atoms with Crippen LogP contribution in [-0.2, 0) is 26.5 Å². The van der Waals surface area contributed by atoms with Crippen molar-refractivity contribution in [2.45, 2.75) is 26.0 Å². The molecule has 0 atom stereocenters. The van der Waals surface area contributed by atoms with Gasteiger partial charge in [0.1, 0.15) is 17.1 Å². The van der Waals surface area contributed by atoms with Crippen LogP contribution in [0.4, 0.5) is 28.6 Å². The number of rotatable bonds is 4. The summed E-state index contributed by atoms with van der Waals surface area (Å²) in [6.07, 6.45) is 1.71. The number of benzene rings is 5. The van der Waals surface area contributed by atoms with Crippen LogP contribution in [0, 0.1) is 6.07 Å². The van der Waals surface area contributed by atoms with Crippen LogP contribution in [0.15, 0.2) is 134 Å². The second kappa shape index (κ2) is 12.6. The predicted molar refractivity (Wildman–Crippen MR) is 198 cm³/mol. The third-order valence-corrected chi connectivity index (χ3v) is 8.76. The average Bonchev–Trinajstić information content (AvgIpc) is 3.18. The van der Waals surface area contributed by atoms with E-state index in [-0.39, 0.29) is 37.7 Å². The van der Waals surface area contributed by atoms with E-state index in [1.807, 2.05) is 103 Å². The van der Waals surface area contributed by atoms with E-state index in [9.17, 15) is 5.11 Å². The second-order valence-electron chi connectivity index (χ2n) is 11.8. The Morgan fingerprint density at radius 1 is 0.735 bits per heavy atom. The molecule has 0 bridgehead atoms. The summed E-state index contributed by atoms with van der Waals surface area (Å²) in [5.74, 6) is 0.256. The van der Waals surface area contributed by atoms with Gasteiger partial charge in [0.2, 0.25) is 0 Å². The molecule has 0 amide bonds. The van der Waals surface area contributed by atoms with E-state index in [0.717, 1.165) is 51.4 Å². The summed E-state index contributed by atoms with van der Waals surface area (Å²) in [4.78, 5) is 13.6. The Bertz CT molecular complexity index is 2600. The zero-order chi connectivity index (χ0) is 40.5. The number of fused-ring (bicyclic) bond motifs is 3. The molecule has 0 aliphatic carbocycles. The average molecular weight is 828 g/mol. The van der Waals surface area contributed by atoms with Gasteiger partial charge >= 0.3 is 0 Å². The zero-order valence-corrected chi connectivity index (χ0v) is 28.5. The summed E-state index contributed by atoms with van der Waals surface area (Å²) in [6.45, 7) is -10.5. The minimum Gasteiger partial charge on any atom is -0.506 e. The standard InChI is InChI=1S/C43H35N4O.Pt/c1-43(2,3)34-22-24-39(48)41-32(34)21-23-35(45-41)31-26-33(30-19-17-29(18-20-30)28-12-6-5-7-13-28)42-38(27-31)47(40-16-10-11-25-44-40)37-15-9-8-14-36(37)46(42)4;/h5-26,48H,1-4H3;/q-1;/i1D3,2D3,3D3;. The Balaban J connectivity index is 0.00000512. The summed E-state index contributed by atoms with van der Waals surface area (Å²) in [5.41, 5.74) is 3.96. The number of nitrogens with zero attached hydrogens (tertiary/aromatic N) is 4. The number of hydrogen-bond acceptors (Lipinski definition) is 5. The molecule has 0 saturated carbocycles. The first-order chi connectivity index (χ1) is 27.0. The minimum atomic E-state index is -3.50. The minimum absolute atomic E-state index is 0. The monoisotopic (exact) mass is 827 g/mol. The van der Waals surface area contributed by atoms with Gasteiger partial charge in [-0.1, -0.05) is 117 Å². The van der Waals surface area contributed by atoms with Gasteiger partial charge in [0.15, 0.2) is 0 Å². The molecule has 0 unspecified atom stereocenters. The number of hydrogen-bond donors (Lipinski definition) is 1. The topological polar surface area (TPSA) is 52.5 Å². The molecule has 49 heavy (non-hydrogen) atoms. The molecule has 2 aromatic heterocycles. The van der Waals surface area contributed by atoms with E-state index in [4.69, 9.17) is 22.3 Å². The van der Waals surface area contributed by atoms with E-state index in [1.165, 1.54) is 6.07 Å². The normalized spacial score (nSPS) is 15.8. The largest absolute Gasteiger partial charge is 0.506 e. The van der Waals surface area contributed by atoms with Crippen molar-refractivity contribution in [1.29, 1.82) is 0 Å². The molecule has 0 saturated heterocycles. The van der Waals surface area contributed by atoms with E-state index < -0.39 is 31.5 Å². The van der Waals surface area contributed by atoms with Gasteiger partial charge in [-0.25, -0.2) is 4.98 Å². The molecule has 0 radical (unpaired) electrons. The maximum absolute atomic E-state index is 11.2. The van der Waals surface area contributed by atoms with Crippen molar-refractivity contribution in [3.8, 4) is 39.3 Å².